The summed E-state index contributed by atoms with van der Waals surface area (Å²) in [6, 6.07) is 11.3. The predicted molar refractivity (Wildman–Crippen MR) is 152 cm³/mol. The average molecular weight is 489 g/mol. The van der Waals surface area contributed by atoms with Gasteiger partial charge in [-0.05, 0) is 85.8 Å². The summed E-state index contributed by atoms with van der Waals surface area (Å²) in [6.45, 7) is 13.4. The minimum atomic E-state index is -0.878. The van der Waals surface area contributed by atoms with Crippen LogP contribution in [0.15, 0.2) is 77.5 Å². The number of carboxylic acid groups (broad SMARTS) is 1. The third-order valence-corrected chi connectivity index (χ3v) is 6.18. The number of allylic oxidation sites excluding steroid dienone is 4. The number of nitrogens with one attached hydrogen (secondary N) is 1. The molecule has 192 valence electrons. The molecule has 1 saturated heterocycles. The first-order chi connectivity index (χ1) is 17.4. The lowest BCUT2D eigenvalue weighted by molar-refractivity contribution is 0.0697. The molecule has 6 nitrogen and oxygen atoms in total. The van der Waals surface area contributed by atoms with Gasteiger partial charge in [-0.25, -0.2) is 9.78 Å². The summed E-state index contributed by atoms with van der Waals surface area (Å²) in [4.78, 5) is 22.1. The van der Waals surface area contributed by atoms with E-state index in [0.29, 0.717) is 11.5 Å². The number of hydrogen-bond donors (Lipinski definition) is 2. The second-order valence-electron chi connectivity index (χ2n) is 8.66. The van der Waals surface area contributed by atoms with Crippen molar-refractivity contribution in [2.45, 2.75) is 39.5 Å². The van der Waals surface area contributed by atoms with Gasteiger partial charge in [0.1, 0.15) is 5.82 Å². The summed E-state index contributed by atoms with van der Waals surface area (Å²) in [5.74, 6) is 0.427. The minimum absolute atomic E-state index is 0.342. The van der Waals surface area contributed by atoms with Crippen molar-refractivity contribution in [3.63, 3.8) is 0 Å². The third kappa shape index (κ3) is 8.31. The number of aromatic carboxylic acids is 1. The fourth-order valence-electron chi connectivity index (χ4n) is 4.33. The fraction of sp³-hybridized carbons (Fsp3) is 0.367. The van der Waals surface area contributed by atoms with Gasteiger partial charge < -0.3 is 10.4 Å². The van der Waals surface area contributed by atoms with Crippen molar-refractivity contribution in [3.05, 3.63) is 89.2 Å². The highest BCUT2D eigenvalue weighted by atomic mass is 16.4. The number of aliphatic imine (C=N–C) groups is 1. The van der Waals surface area contributed by atoms with E-state index in [0.717, 1.165) is 55.0 Å². The van der Waals surface area contributed by atoms with E-state index >= 15 is 0 Å². The summed E-state index contributed by atoms with van der Waals surface area (Å²) in [6.07, 6.45) is 9.90. The molecule has 1 fully saturated rings. The second kappa shape index (κ2) is 14.8. The van der Waals surface area contributed by atoms with Gasteiger partial charge in [0, 0.05) is 38.6 Å². The van der Waals surface area contributed by atoms with Crippen molar-refractivity contribution in [2.75, 3.05) is 39.0 Å². The zero-order valence-electron chi connectivity index (χ0n) is 22.3. The maximum Gasteiger partial charge on any atom is 0.335 e. The third-order valence-electron chi connectivity index (χ3n) is 6.18. The van der Waals surface area contributed by atoms with Crippen molar-refractivity contribution in [1.29, 1.82) is 0 Å². The molecule has 0 bridgehead atoms. The number of carbonyl (C=O) groups is 1. The van der Waals surface area contributed by atoms with Crippen LogP contribution in [-0.4, -0.2) is 60.9 Å². The Labute approximate surface area is 216 Å². The summed E-state index contributed by atoms with van der Waals surface area (Å²) in [5, 5.41) is 12.1. The molecule has 2 heterocycles. The minimum Gasteiger partial charge on any atom is -0.478 e. The van der Waals surface area contributed by atoms with Crippen molar-refractivity contribution in [2.24, 2.45) is 4.99 Å². The van der Waals surface area contributed by atoms with Crippen LogP contribution in [0.5, 0.6) is 0 Å². The van der Waals surface area contributed by atoms with Crippen LogP contribution in [0.1, 0.15) is 61.0 Å². The van der Waals surface area contributed by atoms with Gasteiger partial charge in [0.25, 0.3) is 0 Å². The molecule has 36 heavy (non-hydrogen) atoms. The maximum absolute atomic E-state index is 11.1. The van der Waals surface area contributed by atoms with Gasteiger partial charge in [-0.2, -0.15) is 0 Å². The zero-order chi connectivity index (χ0) is 26.5. The van der Waals surface area contributed by atoms with Crippen molar-refractivity contribution < 1.29 is 9.90 Å². The van der Waals surface area contributed by atoms with Crippen LogP contribution in [0, 0.1) is 0 Å². The largest absolute Gasteiger partial charge is 0.478 e. The van der Waals surface area contributed by atoms with Crippen molar-refractivity contribution >= 4 is 23.6 Å². The van der Waals surface area contributed by atoms with E-state index in [2.05, 4.69) is 39.8 Å². The number of likely N-dealkylation sites (tertiary alicyclic amines) is 1. The maximum atomic E-state index is 11.1. The standard InChI is InChI=1S/C28H34N4O2.C2H6/c1-20(17-21(2)26(11-14-29-3)25-9-10-27(30-4)31-18-25)19-32-15-12-23(13-16-32)22-5-7-24(8-6-22)28(33)34;1-2/h5-11,14,17-18,23H,2,12-13,15-16,19H2,1,3-4H3,(H,30,31)(H,33,34);1-2H3/b20-17+,26-11+,29-14?;. The predicted octanol–water partition coefficient (Wildman–Crippen LogP) is 6.31. The number of anilines is 1. The number of carboxylic acids is 1. The topological polar surface area (TPSA) is 77.8 Å². The van der Waals surface area contributed by atoms with Crippen LogP contribution in [0.4, 0.5) is 5.82 Å². The molecule has 2 aromatic rings. The smallest absolute Gasteiger partial charge is 0.335 e. The van der Waals surface area contributed by atoms with E-state index < -0.39 is 5.97 Å². The second-order valence-corrected chi connectivity index (χ2v) is 8.66. The first-order valence-electron chi connectivity index (χ1n) is 12.6. The quantitative estimate of drug-likeness (QED) is 0.319. The van der Waals surface area contributed by atoms with Gasteiger partial charge in [0.05, 0.1) is 5.56 Å². The van der Waals surface area contributed by atoms with Gasteiger partial charge in [-0.1, -0.05) is 44.2 Å². The summed E-state index contributed by atoms with van der Waals surface area (Å²) < 4.78 is 0. The number of rotatable bonds is 9. The summed E-state index contributed by atoms with van der Waals surface area (Å²) in [5.41, 5.74) is 5.77. The Hall–Kier alpha value is -3.51. The van der Waals surface area contributed by atoms with Crippen LogP contribution in [0.3, 0.4) is 0 Å². The molecule has 0 unspecified atom stereocenters. The molecule has 1 aliphatic rings. The van der Waals surface area contributed by atoms with Crippen LogP contribution >= 0.6 is 0 Å². The number of hydrogen-bond acceptors (Lipinski definition) is 5. The van der Waals surface area contributed by atoms with Crippen LogP contribution in [-0.2, 0) is 0 Å². The SMILES string of the molecule is C=C(/C=C(\C)CN1CCC(c2ccc(C(=O)O)cc2)CC1)/C(=C\C=NC)c1ccc(NC)nc1.CC. The Morgan fingerprint density at radius 1 is 1.17 bits per heavy atom. The molecular formula is C30H40N4O2. The Balaban J connectivity index is 0.00000222. The fourth-order valence-corrected chi connectivity index (χ4v) is 4.33. The van der Waals surface area contributed by atoms with E-state index in [1.54, 1.807) is 25.4 Å². The number of aromatic nitrogens is 1. The van der Waals surface area contributed by atoms with Gasteiger partial charge in [-0.15, -0.1) is 0 Å². The lowest BCUT2D eigenvalue weighted by Gasteiger charge is -2.32. The molecule has 0 radical (unpaired) electrons. The number of benzene rings is 1. The van der Waals surface area contributed by atoms with E-state index in [4.69, 9.17) is 5.11 Å². The monoisotopic (exact) mass is 488 g/mol. The first-order valence-corrected chi connectivity index (χ1v) is 12.6. The molecule has 0 aliphatic carbocycles. The summed E-state index contributed by atoms with van der Waals surface area (Å²) >= 11 is 0. The molecule has 0 spiro atoms. The van der Waals surface area contributed by atoms with E-state index in [-0.39, 0.29) is 0 Å². The molecule has 0 saturated carbocycles. The zero-order valence-corrected chi connectivity index (χ0v) is 22.3. The molecule has 1 aromatic heterocycles. The lowest BCUT2D eigenvalue weighted by atomic mass is 9.89. The molecule has 0 amide bonds. The molecule has 2 N–H and O–H groups in total. The normalized spacial score (nSPS) is 15.4. The average Bonchev–Trinajstić information content (AvgIpc) is 2.91. The summed E-state index contributed by atoms with van der Waals surface area (Å²) in [7, 11) is 3.61. The molecule has 3 rings (SSSR count). The Morgan fingerprint density at radius 2 is 1.81 bits per heavy atom. The number of pyridine rings is 1. The molecule has 0 atom stereocenters. The highest BCUT2D eigenvalue weighted by Gasteiger charge is 2.21. The van der Waals surface area contributed by atoms with Crippen molar-refractivity contribution in [3.8, 4) is 0 Å². The molecule has 1 aliphatic heterocycles. The lowest BCUT2D eigenvalue weighted by Crippen LogP contribution is -2.34. The number of piperidine rings is 1. The van der Waals surface area contributed by atoms with Gasteiger partial charge in [-0.3, -0.25) is 9.89 Å². The van der Waals surface area contributed by atoms with E-state index in [1.807, 2.05) is 57.4 Å². The van der Waals surface area contributed by atoms with Gasteiger partial charge in [0.15, 0.2) is 0 Å². The van der Waals surface area contributed by atoms with E-state index in [1.165, 1.54) is 11.1 Å². The Bertz CT molecular complexity index is 1070. The van der Waals surface area contributed by atoms with Crippen molar-refractivity contribution in [1.82, 2.24) is 9.88 Å². The van der Waals surface area contributed by atoms with E-state index in [9.17, 15) is 4.79 Å². The molecule has 6 heteroatoms. The van der Waals surface area contributed by atoms with Gasteiger partial charge in [0.2, 0.25) is 0 Å². The first kappa shape index (κ1) is 28.7. The Morgan fingerprint density at radius 3 is 2.33 bits per heavy atom. The molecule has 1 aromatic carbocycles. The highest BCUT2D eigenvalue weighted by Crippen LogP contribution is 2.29. The highest BCUT2D eigenvalue weighted by molar-refractivity contribution is 5.92. The van der Waals surface area contributed by atoms with Gasteiger partial charge >= 0.3 is 5.97 Å². The van der Waals surface area contributed by atoms with Crippen LogP contribution in [0.2, 0.25) is 0 Å². The number of nitrogens with zero attached hydrogens (tertiary/aromatic N) is 3. The van der Waals surface area contributed by atoms with Crippen LogP contribution < -0.4 is 5.32 Å². The molecular weight excluding hydrogens is 448 g/mol. The van der Waals surface area contributed by atoms with Crippen LogP contribution in [0.25, 0.3) is 5.57 Å². The Kier molecular flexibility index (Phi) is 11.8.